The van der Waals surface area contributed by atoms with E-state index in [0.29, 0.717) is 17.8 Å². The highest BCUT2D eigenvalue weighted by Crippen LogP contribution is 2.37. The van der Waals surface area contributed by atoms with Crippen LogP contribution in [0.1, 0.15) is 17.5 Å². The van der Waals surface area contributed by atoms with Gasteiger partial charge in [-0.15, -0.1) is 0 Å². The number of hydrogen-bond donors (Lipinski definition) is 0. The molecule has 0 atom stereocenters. The molecule has 202 valence electrons. The predicted octanol–water partition coefficient (Wildman–Crippen LogP) is 7.05. The first-order valence-electron chi connectivity index (χ1n) is 11.9. The average Bonchev–Trinajstić information content (AvgIpc) is 3.08. The molecular formula is C29H22F6N2O2. The zero-order valence-corrected chi connectivity index (χ0v) is 20.3. The zero-order valence-electron chi connectivity index (χ0n) is 20.3. The van der Waals surface area contributed by atoms with Crippen molar-refractivity contribution in [3.8, 4) is 0 Å². The van der Waals surface area contributed by atoms with Gasteiger partial charge in [-0.05, 0) is 29.7 Å². The van der Waals surface area contributed by atoms with Crippen molar-refractivity contribution in [3.63, 3.8) is 0 Å². The SMILES string of the molecule is O=C(/C(=C\N1CCCN(/C=C(\C(=O)C(F)(F)F)c2ccccc2)c2ccccc21)c1ccccc1)C(F)(F)F. The second kappa shape index (κ2) is 11.2. The molecule has 0 saturated heterocycles. The number of carbonyl (C=O) groups excluding carboxylic acids is 2. The van der Waals surface area contributed by atoms with Crippen LogP contribution in [0.15, 0.2) is 97.3 Å². The van der Waals surface area contributed by atoms with Gasteiger partial charge >= 0.3 is 12.4 Å². The maximum absolute atomic E-state index is 13.5. The summed E-state index contributed by atoms with van der Waals surface area (Å²) >= 11 is 0. The van der Waals surface area contributed by atoms with Crippen LogP contribution < -0.4 is 9.80 Å². The molecule has 0 aromatic heterocycles. The summed E-state index contributed by atoms with van der Waals surface area (Å²) < 4.78 is 81.0. The predicted molar refractivity (Wildman–Crippen MR) is 137 cm³/mol. The highest BCUT2D eigenvalue weighted by atomic mass is 19.4. The zero-order chi connectivity index (χ0) is 28.2. The fraction of sp³-hybridized carbons (Fsp3) is 0.172. The van der Waals surface area contributed by atoms with E-state index in [0.717, 1.165) is 12.4 Å². The second-order valence-corrected chi connectivity index (χ2v) is 8.70. The van der Waals surface area contributed by atoms with Crippen LogP contribution in [-0.4, -0.2) is 37.0 Å². The normalized spacial score (nSPS) is 15.0. The molecule has 10 heteroatoms. The average molecular weight is 544 g/mol. The highest BCUT2D eigenvalue weighted by molar-refractivity contribution is 6.24. The number of carbonyl (C=O) groups is 2. The van der Waals surface area contributed by atoms with Crippen LogP contribution in [0.3, 0.4) is 0 Å². The summed E-state index contributed by atoms with van der Waals surface area (Å²) in [5.41, 5.74) is -0.276. The fourth-order valence-electron chi connectivity index (χ4n) is 4.25. The van der Waals surface area contributed by atoms with Crippen molar-refractivity contribution in [2.24, 2.45) is 0 Å². The number of rotatable bonds is 6. The van der Waals surface area contributed by atoms with E-state index in [4.69, 9.17) is 0 Å². The Labute approximate surface area is 220 Å². The molecular weight excluding hydrogens is 522 g/mol. The molecule has 0 saturated carbocycles. The van der Waals surface area contributed by atoms with E-state index >= 15 is 0 Å². The van der Waals surface area contributed by atoms with Crippen molar-refractivity contribution in [1.82, 2.24) is 0 Å². The lowest BCUT2D eigenvalue weighted by molar-refractivity contribution is -0.164. The number of anilines is 2. The lowest BCUT2D eigenvalue weighted by atomic mass is 10.0. The van der Waals surface area contributed by atoms with Gasteiger partial charge in [0.15, 0.2) is 0 Å². The summed E-state index contributed by atoms with van der Waals surface area (Å²) in [6.07, 6.45) is -7.70. The number of nitrogens with zero attached hydrogens (tertiary/aromatic N) is 2. The number of allylic oxidation sites excluding steroid dienone is 2. The van der Waals surface area contributed by atoms with E-state index < -0.39 is 35.1 Å². The lowest BCUT2D eigenvalue weighted by Crippen LogP contribution is -2.26. The van der Waals surface area contributed by atoms with E-state index in [9.17, 15) is 35.9 Å². The Balaban J connectivity index is 1.83. The molecule has 4 nitrogen and oxygen atoms in total. The summed E-state index contributed by atoms with van der Waals surface area (Å²) in [5.74, 6) is -4.04. The topological polar surface area (TPSA) is 40.6 Å². The highest BCUT2D eigenvalue weighted by Gasteiger charge is 2.42. The van der Waals surface area contributed by atoms with Gasteiger partial charge in [0, 0.05) is 25.5 Å². The summed E-state index contributed by atoms with van der Waals surface area (Å²) in [7, 11) is 0. The summed E-state index contributed by atoms with van der Waals surface area (Å²) in [6.45, 7) is 0.327. The third-order valence-corrected chi connectivity index (χ3v) is 6.04. The van der Waals surface area contributed by atoms with Gasteiger partial charge in [0.25, 0.3) is 11.6 Å². The van der Waals surface area contributed by atoms with Crippen molar-refractivity contribution in [3.05, 3.63) is 108 Å². The van der Waals surface area contributed by atoms with Gasteiger partial charge in [0.05, 0.1) is 22.5 Å². The molecule has 0 amide bonds. The fourth-order valence-corrected chi connectivity index (χ4v) is 4.25. The van der Waals surface area contributed by atoms with Crippen LogP contribution in [0.5, 0.6) is 0 Å². The molecule has 0 bridgehead atoms. The number of hydrogen-bond acceptors (Lipinski definition) is 4. The molecule has 0 N–H and O–H groups in total. The van der Waals surface area contributed by atoms with Crippen LogP contribution in [-0.2, 0) is 9.59 Å². The summed E-state index contributed by atoms with van der Waals surface area (Å²) in [4.78, 5) is 27.7. The van der Waals surface area contributed by atoms with Crippen molar-refractivity contribution in [2.75, 3.05) is 22.9 Å². The van der Waals surface area contributed by atoms with E-state index in [1.807, 2.05) is 0 Å². The molecule has 39 heavy (non-hydrogen) atoms. The number of fused-ring (bicyclic) bond motifs is 1. The monoisotopic (exact) mass is 544 g/mol. The molecule has 1 aliphatic rings. The summed E-state index contributed by atoms with van der Waals surface area (Å²) in [6, 6.07) is 21.3. The number of alkyl halides is 6. The molecule has 1 heterocycles. The van der Waals surface area contributed by atoms with E-state index in [1.165, 1.54) is 58.3 Å². The maximum Gasteiger partial charge on any atom is 0.454 e. The van der Waals surface area contributed by atoms with Gasteiger partial charge in [-0.25, -0.2) is 0 Å². The van der Waals surface area contributed by atoms with Gasteiger partial charge < -0.3 is 9.80 Å². The number of halogens is 6. The van der Waals surface area contributed by atoms with E-state index in [-0.39, 0.29) is 24.2 Å². The Morgan fingerprint density at radius 2 is 0.897 bits per heavy atom. The van der Waals surface area contributed by atoms with Crippen LogP contribution >= 0.6 is 0 Å². The summed E-state index contributed by atoms with van der Waals surface area (Å²) in [5, 5.41) is 0. The molecule has 0 unspecified atom stereocenters. The standard InChI is InChI=1S/C29H22F6N2O2/c30-28(31,32)26(38)22(20-10-3-1-4-11-20)18-36-16-9-17-37(25-15-8-7-14-24(25)36)19-23(27(39)29(33,34)35)21-12-5-2-6-13-21/h1-8,10-15,18-19H,9,16-17H2/b22-18-,23-19-. The minimum atomic E-state index is -5.12. The van der Waals surface area contributed by atoms with Crippen molar-refractivity contribution in [1.29, 1.82) is 0 Å². The minimum absolute atomic E-state index is 0.0699. The number of benzene rings is 3. The van der Waals surface area contributed by atoms with E-state index in [1.54, 1.807) is 36.4 Å². The largest absolute Gasteiger partial charge is 0.454 e. The van der Waals surface area contributed by atoms with Crippen molar-refractivity contribution >= 4 is 34.1 Å². The number of Topliss-reactive ketones (excluding diaryl/α,β-unsaturated/α-hetero) is 2. The Morgan fingerprint density at radius 3 is 1.23 bits per heavy atom. The molecule has 3 aromatic carbocycles. The molecule has 0 fully saturated rings. The number of para-hydroxylation sites is 2. The Bertz CT molecular complexity index is 1290. The molecule has 0 aliphatic carbocycles. The maximum atomic E-state index is 13.5. The molecule has 1 aliphatic heterocycles. The second-order valence-electron chi connectivity index (χ2n) is 8.70. The minimum Gasteiger partial charge on any atom is -0.345 e. The molecule has 3 aromatic rings. The van der Waals surface area contributed by atoms with Crippen molar-refractivity contribution < 1.29 is 35.9 Å². The Morgan fingerprint density at radius 1 is 0.564 bits per heavy atom. The molecule has 0 spiro atoms. The van der Waals surface area contributed by atoms with Crippen LogP contribution in [0.25, 0.3) is 11.1 Å². The van der Waals surface area contributed by atoms with Gasteiger partial charge in [0.1, 0.15) is 0 Å². The quantitative estimate of drug-likeness (QED) is 0.246. The third-order valence-electron chi connectivity index (χ3n) is 6.04. The lowest BCUT2D eigenvalue weighted by Gasteiger charge is -2.25. The third kappa shape index (κ3) is 6.39. The Hall–Kier alpha value is -4.34. The molecule has 0 radical (unpaired) electrons. The Kier molecular flexibility index (Phi) is 7.94. The van der Waals surface area contributed by atoms with Gasteiger partial charge in [-0.2, -0.15) is 26.3 Å². The first-order valence-corrected chi connectivity index (χ1v) is 11.9. The first-order chi connectivity index (χ1) is 18.5. The first kappa shape index (κ1) is 27.7. The van der Waals surface area contributed by atoms with Gasteiger partial charge in [-0.3, -0.25) is 9.59 Å². The molecule has 4 rings (SSSR count). The number of ketones is 2. The van der Waals surface area contributed by atoms with Crippen LogP contribution in [0, 0.1) is 0 Å². The van der Waals surface area contributed by atoms with Gasteiger partial charge in [-0.1, -0.05) is 72.8 Å². The van der Waals surface area contributed by atoms with Crippen LogP contribution in [0.4, 0.5) is 37.7 Å². The smallest absolute Gasteiger partial charge is 0.345 e. The van der Waals surface area contributed by atoms with Crippen LogP contribution in [0.2, 0.25) is 0 Å². The van der Waals surface area contributed by atoms with E-state index in [2.05, 4.69) is 0 Å². The van der Waals surface area contributed by atoms with Crippen molar-refractivity contribution in [2.45, 2.75) is 18.8 Å². The van der Waals surface area contributed by atoms with Gasteiger partial charge in [0.2, 0.25) is 0 Å².